The predicted molar refractivity (Wildman–Crippen MR) is 121 cm³/mol. The van der Waals surface area contributed by atoms with E-state index >= 15 is 0 Å². The molecule has 30 heavy (non-hydrogen) atoms. The van der Waals surface area contributed by atoms with Crippen LogP contribution in [0, 0.1) is 13.8 Å². The van der Waals surface area contributed by atoms with E-state index in [1.165, 1.54) is 5.01 Å². The largest absolute Gasteiger partial charge is 0.348 e. The molecule has 2 aliphatic rings. The standard InChI is InChI=1S/C25H22N4O/c1-16-9-12-20(13-10-16)29-24(30)25(18(3)28-29)26-22-14-11-17(2)15-21(22)23(27-25)19-7-5-4-6-8-19/h4-15,26H,1-3H3. The summed E-state index contributed by atoms with van der Waals surface area (Å²) in [5, 5.41) is 9.45. The van der Waals surface area contributed by atoms with Crippen LogP contribution >= 0.6 is 0 Å². The number of hydrogen-bond donors (Lipinski definition) is 1. The van der Waals surface area contributed by atoms with Crippen molar-refractivity contribution in [3.63, 3.8) is 0 Å². The van der Waals surface area contributed by atoms with Gasteiger partial charge in [-0.2, -0.15) is 10.1 Å². The van der Waals surface area contributed by atoms with Crippen LogP contribution in [0.5, 0.6) is 0 Å². The Morgan fingerprint density at radius 1 is 0.867 bits per heavy atom. The first-order valence-corrected chi connectivity index (χ1v) is 9.99. The minimum absolute atomic E-state index is 0.205. The molecule has 1 N–H and O–H groups in total. The molecule has 148 valence electrons. The summed E-state index contributed by atoms with van der Waals surface area (Å²) in [7, 11) is 0. The fourth-order valence-electron chi connectivity index (χ4n) is 3.94. The van der Waals surface area contributed by atoms with Gasteiger partial charge in [-0.25, -0.2) is 4.99 Å². The summed E-state index contributed by atoms with van der Waals surface area (Å²) in [4.78, 5) is 18.7. The number of nitrogens with one attached hydrogen (secondary N) is 1. The fraction of sp³-hybridized carbons (Fsp3) is 0.160. The maximum absolute atomic E-state index is 13.7. The van der Waals surface area contributed by atoms with Gasteiger partial charge in [-0.05, 0) is 45.0 Å². The highest BCUT2D eigenvalue weighted by atomic mass is 16.2. The number of carbonyl (C=O) groups is 1. The number of anilines is 2. The Kier molecular flexibility index (Phi) is 4.07. The zero-order valence-electron chi connectivity index (χ0n) is 17.2. The lowest BCUT2D eigenvalue weighted by atomic mass is 9.92. The van der Waals surface area contributed by atoms with Gasteiger partial charge in [0.05, 0.1) is 17.1 Å². The molecule has 5 nitrogen and oxygen atoms in total. The first-order valence-electron chi connectivity index (χ1n) is 9.99. The number of hydrogen-bond acceptors (Lipinski definition) is 4. The molecule has 1 unspecified atom stereocenters. The molecule has 2 aliphatic heterocycles. The highest BCUT2D eigenvalue weighted by molar-refractivity contribution is 6.29. The quantitative estimate of drug-likeness (QED) is 0.686. The minimum Gasteiger partial charge on any atom is -0.348 e. The number of aryl methyl sites for hydroxylation is 2. The Balaban J connectivity index is 1.67. The number of rotatable bonds is 2. The third-order valence-electron chi connectivity index (χ3n) is 5.63. The summed E-state index contributed by atoms with van der Waals surface area (Å²) in [6.45, 7) is 5.92. The highest BCUT2D eigenvalue weighted by Crippen LogP contribution is 2.37. The van der Waals surface area contributed by atoms with Gasteiger partial charge in [0.2, 0.25) is 0 Å². The molecule has 3 aromatic carbocycles. The van der Waals surface area contributed by atoms with Gasteiger partial charge in [-0.1, -0.05) is 59.7 Å². The lowest BCUT2D eigenvalue weighted by Gasteiger charge is -2.33. The molecule has 0 saturated carbocycles. The third kappa shape index (κ3) is 2.74. The molecular weight excluding hydrogens is 372 g/mol. The second-order valence-electron chi connectivity index (χ2n) is 7.85. The van der Waals surface area contributed by atoms with Crippen molar-refractivity contribution in [1.82, 2.24) is 0 Å². The zero-order valence-corrected chi connectivity index (χ0v) is 17.2. The molecule has 0 radical (unpaired) electrons. The van der Waals surface area contributed by atoms with Crippen molar-refractivity contribution in [2.24, 2.45) is 10.1 Å². The summed E-state index contributed by atoms with van der Waals surface area (Å²) in [6.07, 6.45) is 0. The van der Waals surface area contributed by atoms with Crippen molar-refractivity contribution >= 4 is 28.7 Å². The Morgan fingerprint density at radius 3 is 2.30 bits per heavy atom. The number of fused-ring (bicyclic) bond motifs is 1. The molecule has 1 amide bonds. The van der Waals surface area contributed by atoms with Crippen LogP contribution in [0.3, 0.4) is 0 Å². The topological polar surface area (TPSA) is 57.1 Å². The normalized spacial score (nSPS) is 20.0. The monoisotopic (exact) mass is 394 g/mol. The lowest BCUT2D eigenvalue weighted by Crippen LogP contribution is -2.53. The smallest absolute Gasteiger partial charge is 0.302 e. The van der Waals surface area contributed by atoms with Crippen molar-refractivity contribution < 1.29 is 4.79 Å². The summed E-state index contributed by atoms with van der Waals surface area (Å²) >= 11 is 0. The Morgan fingerprint density at radius 2 is 1.57 bits per heavy atom. The summed E-state index contributed by atoms with van der Waals surface area (Å²) in [5.74, 6) is -0.205. The first kappa shape index (κ1) is 18.3. The van der Waals surface area contributed by atoms with Crippen molar-refractivity contribution in [3.05, 3.63) is 95.1 Å². The molecule has 1 atom stereocenters. The molecule has 0 fully saturated rings. The maximum Gasteiger partial charge on any atom is 0.302 e. The van der Waals surface area contributed by atoms with Crippen LogP contribution in [-0.4, -0.2) is 23.0 Å². The average Bonchev–Trinajstić information content (AvgIpc) is 2.99. The SMILES string of the molecule is CC1=NN(c2ccc(C)cc2)C(=O)C12N=C(c1ccccc1)c1cc(C)ccc1N2. The number of aliphatic imine (C=N–C) groups is 1. The second kappa shape index (κ2) is 6.66. The Bertz CT molecular complexity index is 1210. The summed E-state index contributed by atoms with van der Waals surface area (Å²) in [6, 6.07) is 23.9. The van der Waals surface area contributed by atoms with Gasteiger partial charge < -0.3 is 5.32 Å². The molecular formula is C25H22N4O. The van der Waals surface area contributed by atoms with E-state index in [1.54, 1.807) is 0 Å². The number of carbonyl (C=O) groups excluding carboxylic acids is 1. The van der Waals surface area contributed by atoms with Gasteiger partial charge in [-0.3, -0.25) is 4.79 Å². The summed E-state index contributed by atoms with van der Waals surface area (Å²) < 4.78 is 0. The molecule has 1 spiro atoms. The van der Waals surface area contributed by atoms with Crippen molar-refractivity contribution in [2.75, 3.05) is 10.3 Å². The van der Waals surface area contributed by atoms with Gasteiger partial charge in [0.15, 0.2) is 0 Å². The van der Waals surface area contributed by atoms with Gasteiger partial charge in [0.25, 0.3) is 5.66 Å². The van der Waals surface area contributed by atoms with E-state index in [9.17, 15) is 4.79 Å². The Hall–Kier alpha value is -3.73. The summed E-state index contributed by atoms with van der Waals surface area (Å²) in [5.41, 5.74) is 6.00. The number of nitrogens with zero attached hydrogens (tertiary/aromatic N) is 3. The van der Waals surface area contributed by atoms with Crippen molar-refractivity contribution in [3.8, 4) is 0 Å². The van der Waals surface area contributed by atoms with Crippen LogP contribution in [0.1, 0.15) is 29.2 Å². The molecule has 3 aromatic rings. The van der Waals surface area contributed by atoms with Crippen LogP contribution in [0.2, 0.25) is 0 Å². The third-order valence-corrected chi connectivity index (χ3v) is 5.63. The number of hydrazone groups is 1. The van der Waals surface area contributed by atoms with Crippen LogP contribution in [0.15, 0.2) is 82.9 Å². The maximum atomic E-state index is 13.7. The van der Waals surface area contributed by atoms with E-state index in [1.807, 2.05) is 80.6 Å². The van der Waals surface area contributed by atoms with Crippen molar-refractivity contribution in [2.45, 2.75) is 26.4 Å². The molecule has 0 aromatic heterocycles. The highest BCUT2D eigenvalue weighted by Gasteiger charge is 2.52. The lowest BCUT2D eigenvalue weighted by molar-refractivity contribution is -0.120. The van der Waals surface area contributed by atoms with E-state index in [0.717, 1.165) is 39.3 Å². The number of benzene rings is 3. The fourth-order valence-corrected chi connectivity index (χ4v) is 3.94. The first-order chi connectivity index (χ1) is 14.5. The van der Waals surface area contributed by atoms with Gasteiger partial charge in [0, 0.05) is 16.8 Å². The average molecular weight is 394 g/mol. The molecule has 5 rings (SSSR count). The van der Waals surface area contributed by atoms with Crippen LogP contribution in [0.4, 0.5) is 11.4 Å². The van der Waals surface area contributed by atoms with E-state index in [-0.39, 0.29) is 5.91 Å². The molecule has 5 heteroatoms. The van der Waals surface area contributed by atoms with E-state index < -0.39 is 5.66 Å². The molecule has 0 aliphatic carbocycles. The molecule has 0 bridgehead atoms. The Labute approximate surface area is 175 Å². The van der Waals surface area contributed by atoms with Crippen LogP contribution in [-0.2, 0) is 4.79 Å². The minimum atomic E-state index is -1.25. The van der Waals surface area contributed by atoms with E-state index in [0.29, 0.717) is 5.71 Å². The molecule has 0 saturated heterocycles. The number of amides is 1. The second-order valence-corrected chi connectivity index (χ2v) is 7.85. The van der Waals surface area contributed by atoms with E-state index in [4.69, 9.17) is 4.99 Å². The van der Waals surface area contributed by atoms with Gasteiger partial charge >= 0.3 is 5.91 Å². The van der Waals surface area contributed by atoms with E-state index in [2.05, 4.69) is 23.4 Å². The zero-order chi connectivity index (χ0) is 20.9. The van der Waals surface area contributed by atoms with Crippen LogP contribution < -0.4 is 10.3 Å². The predicted octanol–water partition coefficient (Wildman–Crippen LogP) is 4.69. The molecule has 2 heterocycles. The van der Waals surface area contributed by atoms with Gasteiger partial charge in [-0.15, -0.1) is 0 Å². The van der Waals surface area contributed by atoms with Gasteiger partial charge in [0.1, 0.15) is 0 Å². The van der Waals surface area contributed by atoms with Crippen LogP contribution in [0.25, 0.3) is 0 Å². The van der Waals surface area contributed by atoms with Crippen molar-refractivity contribution in [1.29, 1.82) is 0 Å².